The minimum atomic E-state index is -3.03. The molecule has 0 saturated carbocycles. The second-order valence-electron chi connectivity index (χ2n) is 9.29. The number of nitrogens with zero attached hydrogens (tertiary/aromatic N) is 6. The van der Waals surface area contributed by atoms with Crippen molar-refractivity contribution >= 4 is 22.7 Å². The number of alkyl halides is 2. The highest BCUT2D eigenvalue weighted by atomic mass is 19.3. The second-order valence-corrected chi connectivity index (χ2v) is 9.29. The van der Waals surface area contributed by atoms with Crippen molar-refractivity contribution in [2.45, 2.75) is 37.5 Å². The molecule has 0 aliphatic carbocycles. The number of aliphatic hydroxyl groups excluding tert-OH is 1. The van der Waals surface area contributed by atoms with Gasteiger partial charge in [0, 0.05) is 24.7 Å². The van der Waals surface area contributed by atoms with Crippen LogP contribution in [0.25, 0.3) is 22.4 Å². The first kappa shape index (κ1) is 25.7. The number of aromatic nitrogens is 5. The fraction of sp³-hybridized carbons (Fsp3) is 0.333. The molecular weight excluding hydrogens is 511 g/mol. The summed E-state index contributed by atoms with van der Waals surface area (Å²) in [6.07, 6.45) is -0.358. The fourth-order valence-corrected chi connectivity index (χ4v) is 4.78. The summed E-state index contributed by atoms with van der Waals surface area (Å²) in [7, 11) is 0. The number of piperidine rings is 1. The van der Waals surface area contributed by atoms with Gasteiger partial charge in [-0.05, 0) is 30.5 Å². The van der Waals surface area contributed by atoms with Gasteiger partial charge in [0.2, 0.25) is 0 Å². The molecule has 0 bridgehead atoms. The van der Waals surface area contributed by atoms with E-state index < -0.39 is 35.5 Å². The van der Waals surface area contributed by atoms with Crippen LogP contribution in [0.15, 0.2) is 37.1 Å². The molecule has 3 aromatic heterocycles. The van der Waals surface area contributed by atoms with Crippen LogP contribution in [-0.2, 0) is 6.54 Å². The summed E-state index contributed by atoms with van der Waals surface area (Å²) in [6, 6.07) is 2.63. The van der Waals surface area contributed by atoms with Crippen molar-refractivity contribution in [2.75, 3.05) is 23.7 Å². The van der Waals surface area contributed by atoms with Gasteiger partial charge in [0.25, 0.3) is 6.43 Å². The molecule has 5 rings (SSSR count). The molecule has 4 heterocycles. The molecule has 4 aromatic rings. The highest BCUT2D eigenvalue weighted by Gasteiger charge is 2.43. The number of benzene rings is 1. The molecule has 1 aliphatic heterocycles. The number of hydrogen-bond acceptors (Lipinski definition) is 8. The largest absolute Gasteiger partial charge is 0.385 e. The van der Waals surface area contributed by atoms with E-state index >= 15 is 0 Å². The number of anilines is 2. The molecule has 9 nitrogen and oxygen atoms in total. The Morgan fingerprint density at radius 3 is 2.55 bits per heavy atom. The highest BCUT2D eigenvalue weighted by molar-refractivity contribution is 5.81. The predicted molar refractivity (Wildman–Crippen MR) is 129 cm³/mol. The number of imidazole rings is 1. The minimum absolute atomic E-state index is 0.0161. The first-order valence-electron chi connectivity index (χ1n) is 11.6. The molecule has 1 aromatic carbocycles. The van der Waals surface area contributed by atoms with E-state index in [0.29, 0.717) is 47.5 Å². The third-order valence-corrected chi connectivity index (χ3v) is 6.75. The van der Waals surface area contributed by atoms with E-state index in [-0.39, 0.29) is 36.6 Å². The smallest absolute Gasteiger partial charge is 0.265 e. The maximum absolute atomic E-state index is 14.6. The van der Waals surface area contributed by atoms with Gasteiger partial charge in [-0.2, -0.15) is 0 Å². The van der Waals surface area contributed by atoms with Crippen LogP contribution in [0.2, 0.25) is 0 Å². The molecule has 1 saturated heterocycles. The lowest BCUT2D eigenvalue weighted by atomic mass is 9.84. The number of hydrogen-bond donors (Lipinski definition) is 3. The Balaban J connectivity index is 1.60. The predicted octanol–water partition coefficient (Wildman–Crippen LogP) is 2.86. The molecule has 5 N–H and O–H groups in total. The molecule has 200 valence electrons. The third-order valence-electron chi connectivity index (χ3n) is 6.75. The third kappa shape index (κ3) is 4.60. The van der Waals surface area contributed by atoms with Gasteiger partial charge < -0.3 is 26.0 Å². The van der Waals surface area contributed by atoms with Crippen molar-refractivity contribution in [1.29, 1.82) is 0 Å². The van der Waals surface area contributed by atoms with Crippen molar-refractivity contribution in [1.82, 2.24) is 24.5 Å². The number of halogens is 5. The summed E-state index contributed by atoms with van der Waals surface area (Å²) in [4.78, 5) is 18.3. The van der Waals surface area contributed by atoms with E-state index in [2.05, 4.69) is 19.9 Å². The lowest BCUT2D eigenvalue weighted by Crippen LogP contribution is -2.63. The van der Waals surface area contributed by atoms with Crippen LogP contribution in [-0.4, -0.2) is 60.8 Å². The van der Waals surface area contributed by atoms with E-state index in [1.54, 1.807) is 9.47 Å². The van der Waals surface area contributed by atoms with Gasteiger partial charge in [-0.15, -0.1) is 0 Å². The monoisotopic (exact) mass is 534 g/mol. The average molecular weight is 534 g/mol. The Labute approximate surface area is 213 Å². The molecule has 14 heteroatoms. The summed E-state index contributed by atoms with van der Waals surface area (Å²) < 4.78 is 70.4. The Hall–Kier alpha value is -3.91. The zero-order valence-corrected chi connectivity index (χ0v) is 19.8. The zero-order chi connectivity index (χ0) is 27.2. The van der Waals surface area contributed by atoms with Crippen molar-refractivity contribution in [3.63, 3.8) is 0 Å². The number of rotatable bonds is 6. The normalized spacial score (nSPS) is 18.9. The van der Waals surface area contributed by atoms with Gasteiger partial charge in [-0.3, -0.25) is 4.98 Å². The van der Waals surface area contributed by atoms with Gasteiger partial charge in [-0.1, -0.05) is 0 Å². The lowest BCUT2D eigenvalue weighted by Gasteiger charge is -2.44. The zero-order valence-electron chi connectivity index (χ0n) is 19.8. The fourth-order valence-electron chi connectivity index (χ4n) is 4.78. The van der Waals surface area contributed by atoms with E-state index in [1.165, 1.54) is 24.9 Å². The van der Waals surface area contributed by atoms with Gasteiger partial charge >= 0.3 is 0 Å². The molecular formula is C24H23F5N8O. The minimum Gasteiger partial charge on any atom is -0.385 e. The highest BCUT2D eigenvalue weighted by Crippen LogP contribution is 2.34. The SMILES string of the molecule is Nc1ncnc2c1ncn2Cc1cc(-c2cc(F)c(F)cc2F)ncc1N1CCC[C@](N)(C(O)C(F)F)C1. The molecule has 0 amide bonds. The van der Waals surface area contributed by atoms with Crippen LogP contribution in [0.1, 0.15) is 18.4 Å². The Bertz CT molecular complexity index is 1500. The van der Waals surface area contributed by atoms with Crippen LogP contribution in [0.5, 0.6) is 0 Å². The van der Waals surface area contributed by atoms with E-state index in [4.69, 9.17) is 11.5 Å². The number of fused-ring (bicyclic) bond motifs is 1. The molecule has 1 aliphatic rings. The number of nitrogen functional groups attached to an aromatic ring is 1. The maximum Gasteiger partial charge on any atom is 0.265 e. The van der Waals surface area contributed by atoms with E-state index in [0.717, 1.165) is 0 Å². The summed E-state index contributed by atoms with van der Waals surface area (Å²) in [5, 5.41) is 10.1. The standard InChI is InChI=1S/C24H23F5N8O/c25-14-6-16(27)15(26)5-13(14)17-4-12(8-37-11-35-19-22(30)33-10-34-23(19)37)18(7-32-17)36-3-1-2-24(31,9-36)20(38)21(28)29/h4-7,10-11,20-21,38H,1-3,8-9,31H2,(H2,30,33,34)/t20?,24-/m1/s1. The van der Waals surface area contributed by atoms with Crippen molar-refractivity contribution in [2.24, 2.45) is 5.73 Å². The number of pyridine rings is 1. The number of aliphatic hydroxyl groups is 1. The molecule has 1 unspecified atom stereocenters. The second kappa shape index (κ2) is 9.76. The Morgan fingerprint density at radius 1 is 1.03 bits per heavy atom. The van der Waals surface area contributed by atoms with E-state index in [1.807, 2.05) is 0 Å². The quantitative estimate of drug-likeness (QED) is 0.254. The van der Waals surface area contributed by atoms with Crippen molar-refractivity contribution in [3.8, 4) is 11.3 Å². The average Bonchev–Trinajstić information content (AvgIpc) is 3.29. The van der Waals surface area contributed by atoms with Crippen LogP contribution in [0.4, 0.5) is 33.5 Å². The molecule has 1 fully saturated rings. The van der Waals surface area contributed by atoms with Crippen molar-refractivity contribution in [3.05, 3.63) is 60.1 Å². The van der Waals surface area contributed by atoms with Crippen LogP contribution >= 0.6 is 0 Å². The molecule has 38 heavy (non-hydrogen) atoms. The van der Waals surface area contributed by atoms with Gasteiger partial charge in [-0.25, -0.2) is 36.9 Å². The van der Waals surface area contributed by atoms with Gasteiger partial charge in [0.05, 0.1) is 36.0 Å². The summed E-state index contributed by atoms with van der Waals surface area (Å²) in [5.74, 6) is -3.43. The topological polar surface area (TPSA) is 132 Å². The van der Waals surface area contributed by atoms with E-state index in [9.17, 15) is 27.1 Å². The Morgan fingerprint density at radius 2 is 1.79 bits per heavy atom. The first-order valence-corrected chi connectivity index (χ1v) is 11.6. The first-order chi connectivity index (χ1) is 18.1. The van der Waals surface area contributed by atoms with Crippen LogP contribution in [0, 0.1) is 17.5 Å². The Kier molecular flexibility index (Phi) is 6.61. The molecule has 0 radical (unpaired) electrons. The van der Waals surface area contributed by atoms with Gasteiger partial charge in [0.15, 0.2) is 23.1 Å². The molecule has 0 spiro atoms. The lowest BCUT2D eigenvalue weighted by molar-refractivity contribution is -0.0529. The summed E-state index contributed by atoms with van der Waals surface area (Å²) in [6.45, 7) is 0.405. The van der Waals surface area contributed by atoms with Crippen LogP contribution < -0.4 is 16.4 Å². The van der Waals surface area contributed by atoms with Gasteiger partial charge in [0.1, 0.15) is 23.8 Å². The van der Waals surface area contributed by atoms with Crippen molar-refractivity contribution < 1.29 is 27.1 Å². The number of nitrogens with two attached hydrogens (primary N) is 2. The van der Waals surface area contributed by atoms with Crippen LogP contribution in [0.3, 0.4) is 0 Å². The summed E-state index contributed by atoms with van der Waals surface area (Å²) >= 11 is 0. The molecule has 2 atom stereocenters. The maximum atomic E-state index is 14.6. The summed E-state index contributed by atoms with van der Waals surface area (Å²) in [5.41, 5.74) is 12.0.